The molecular weight excluding hydrogens is 292 g/mol. The Bertz CT molecular complexity index is 470. The number of carbonyl (C=O) groups is 2. The lowest BCUT2D eigenvalue weighted by Gasteiger charge is -2.23. The molecule has 1 aliphatic carbocycles. The number of rotatable bonds is 4. The molecule has 124 valence electrons. The number of nitrogens with one attached hydrogen (secondary N) is 1. The van der Waals surface area contributed by atoms with Crippen LogP contribution in [0.4, 0.5) is 4.79 Å². The molecule has 2 N–H and O–H groups in total. The number of amides is 1. The first-order chi connectivity index (χ1) is 10.2. The van der Waals surface area contributed by atoms with Crippen LogP contribution in [-0.2, 0) is 14.3 Å². The summed E-state index contributed by atoms with van der Waals surface area (Å²) in [6.45, 7) is 6.96. The third-order valence-electron chi connectivity index (χ3n) is 3.16. The van der Waals surface area contributed by atoms with E-state index in [1.807, 2.05) is 0 Å². The second kappa shape index (κ2) is 7.33. The molecule has 0 aromatic heterocycles. The van der Waals surface area contributed by atoms with Gasteiger partial charge in [0.25, 0.3) is 0 Å². The summed E-state index contributed by atoms with van der Waals surface area (Å²) in [5, 5.41) is 16.1. The fraction of sp³-hybridized carbons (Fsp3) is 0.846. The summed E-state index contributed by atoms with van der Waals surface area (Å²) >= 11 is 0. The molecule has 1 amide bonds. The van der Waals surface area contributed by atoms with Crippen molar-refractivity contribution >= 4 is 12.1 Å². The maximum absolute atomic E-state index is 11.8. The number of hydrogen-bond acceptors (Lipinski definition) is 6. The lowest BCUT2D eigenvalue weighted by atomic mass is 10.1. The predicted molar refractivity (Wildman–Crippen MR) is 76.8 cm³/mol. The summed E-state index contributed by atoms with van der Waals surface area (Å²) in [6.07, 6.45) is -1.80. The van der Waals surface area contributed by atoms with Crippen LogP contribution in [0, 0.1) is 5.92 Å². The lowest BCUT2D eigenvalue weighted by molar-refractivity contribution is -0.151. The SMILES string of the molecule is CCOC(=O)[C@@H]1C[C@H](NC(=O)OC(C)(C)C)[C@H](N=[N+]=[N-])[C@@H]1O. The monoisotopic (exact) mass is 314 g/mol. The van der Waals surface area contributed by atoms with Crippen LogP contribution in [0.15, 0.2) is 5.11 Å². The first-order valence-electron chi connectivity index (χ1n) is 7.08. The molecule has 0 spiro atoms. The zero-order valence-corrected chi connectivity index (χ0v) is 13.1. The summed E-state index contributed by atoms with van der Waals surface area (Å²) in [5.74, 6) is -1.43. The van der Waals surface area contributed by atoms with Crippen molar-refractivity contribution in [1.29, 1.82) is 0 Å². The number of alkyl carbamates (subject to hydrolysis) is 1. The van der Waals surface area contributed by atoms with Crippen molar-refractivity contribution in [3.63, 3.8) is 0 Å². The van der Waals surface area contributed by atoms with Gasteiger partial charge in [0.2, 0.25) is 0 Å². The number of aliphatic hydroxyl groups excluding tert-OH is 1. The molecule has 0 aliphatic heterocycles. The van der Waals surface area contributed by atoms with E-state index in [9.17, 15) is 14.7 Å². The van der Waals surface area contributed by atoms with Gasteiger partial charge >= 0.3 is 12.1 Å². The average molecular weight is 314 g/mol. The summed E-state index contributed by atoms with van der Waals surface area (Å²) in [5.41, 5.74) is 7.91. The molecule has 1 aliphatic rings. The Morgan fingerprint density at radius 1 is 1.45 bits per heavy atom. The van der Waals surface area contributed by atoms with Gasteiger partial charge in [-0.25, -0.2) is 4.79 Å². The third-order valence-corrected chi connectivity index (χ3v) is 3.16. The molecule has 22 heavy (non-hydrogen) atoms. The minimum Gasteiger partial charge on any atom is -0.466 e. The summed E-state index contributed by atoms with van der Waals surface area (Å²) < 4.78 is 10.0. The fourth-order valence-electron chi connectivity index (χ4n) is 2.33. The minimum absolute atomic E-state index is 0.114. The number of nitrogens with zero attached hydrogens (tertiary/aromatic N) is 3. The highest BCUT2D eigenvalue weighted by atomic mass is 16.6. The van der Waals surface area contributed by atoms with Crippen molar-refractivity contribution in [2.45, 2.75) is 57.9 Å². The van der Waals surface area contributed by atoms with Crippen LogP contribution in [0.1, 0.15) is 34.1 Å². The van der Waals surface area contributed by atoms with E-state index in [1.54, 1.807) is 27.7 Å². The van der Waals surface area contributed by atoms with Crippen LogP contribution in [0.25, 0.3) is 10.4 Å². The molecule has 0 heterocycles. The zero-order chi connectivity index (χ0) is 16.9. The van der Waals surface area contributed by atoms with Gasteiger partial charge in [0.05, 0.1) is 24.7 Å². The zero-order valence-electron chi connectivity index (χ0n) is 13.1. The van der Waals surface area contributed by atoms with Crippen LogP contribution < -0.4 is 5.32 Å². The van der Waals surface area contributed by atoms with Gasteiger partial charge in [0.1, 0.15) is 5.60 Å². The summed E-state index contributed by atoms with van der Waals surface area (Å²) in [6, 6.07) is -1.65. The van der Waals surface area contributed by atoms with Crippen LogP contribution in [0.3, 0.4) is 0 Å². The molecule has 9 heteroatoms. The molecule has 0 bridgehead atoms. The Labute approximate surface area is 128 Å². The number of carbonyl (C=O) groups excluding carboxylic acids is 2. The van der Waals surface area contributed by atoms with Crippen LogP contribution in [0.5, 0.6) is 0 Å². The highest BCUT2D eigenvalue weighted by Crippen LogP contribution is 2.30. The molecule has 0 aromatic carbocycles. The molecule has 0 radical (unpaired) electrons. The molecule has 4 atom stereocenters. The van der Waals surface area contributed by atoms with Crippen LogP contribution in [-0.4, -0.2) is 47.6 Å². The molecular formula is C13H22N4O5. The van der Waals surface area contributed by atoms with Crippen molar-refractivity contribution < 1.29 is 24.2 Å². The van der Waals surface area contributed by atoms with E-state index in [0.29, 0.717) is 0 Å². The molecule has 0 aromatic rings. The van der Waals surface area contributed by atoms with E-state index >= 15 is 0 Å². The van der Waals surface area contributed by atoms with Crippen molar-refractivity contribution in [3.8, 4) is 0 Å². The van der Waals surface area contributed by atoms with Crippen molar-refractivity contribution in [2.75, 3.05) is 6.61 Å². The summed E-state index contributed by atoms with van der Waals surface area (Å²) in [4.78, 5) is 26.3. The smallest absolute Gasteiger partial charge is 0.407 e. The third kappa shape index (κ3) is 4.78. The molecule has 1 fully saturated rings. The lowest BCUT2D eigenvalue weighted by Crippen LogP contribution is -2.44. The van der Waals surface area contributed by atoms with E-state index in [2.05, 4.69) is 15.3 Å². The Hall–Kier alpha value is -1.99. The van der Waals surface area contributed by atoms with Crippen LogP contribution >= 0.6 is 0 Å². The first kappa shape index (κ1) is 18.1. The van der Waals surface area contributed by atoms with Gasteiger partial charge in [0, 0.05) is 11.0 Å². The predicted octanol–water partition coefficient (Wildman–Crippen LogP) is 1.50. The maximum Gasteiger partial charge on any atom is 0.407 e. The molecule has 9 nitrogen and oxygen atoms in total. The van der Waals surface area contributed by atoms with Gasteiger partial charge in [-0.15, -0.1) is 0 Å². The molecule has 1 rings (SSSR count). The summed E-state index contributed by atoms with van der Waals surface area (Å²) in [7, 11) is 0. The van der Waals surface area contributed by atoms with E-state index in [1.165, 1.54) is 0 Å². The largest absolute Gasteiger partial charge is 0.466 e. The first-order valence-corrected chi connectivity index (χ1v) is 7.08. The van der Waals surface area contributed by atoms with Crippen molar-refractivity contribution in [3.05, 3.63) is 10.4 Å². The topological polar surface area (TPSA) is 134 Å². The fourth-order valence-corrected chi connectivity index (χ4v) is 2.33. The number of esters is 1. The van der Waals surface area contributed by atoms with Gasteiger partial charge in [-0.2, -0.15) is 0 Å². The maximum atomic E-state index is 11.8. The Morgan fingerprint density at radius 2 is 2.09 bits per heavy atom. The molecule has 0 unspecified atom stereocenters. The molecule has 0 saturated heterocycles. The highest BCUT2D eigenvalue weighted by Gasteiger charge is 2.47. The quantitative estimate of drug-likeness (QED) is 0.351. The number of aliphatic hydroxyl groups is 1. The van der Waals surface area contributed by atoms with Gasteiger partial charge in [-0.05, 0) is 39.6 Å². The second-order valence-electron chi connectivity index (χ2n) is 6.03. The van der Waals surface area contributed by atoms with Gasteiger partial charge in [-0.3, -0.25) is 4.79 Å². The van der Waals surface area contributed by atoms with Gasteiger partial charge in [-0.1, -0.05) is 5.11 Å². The Kier molecular flexibility index (Phi) is 6.01. The van der Waals surface area contributed by atoms with Gasteiger partial charge in [0.15, 0.2) is 0 Å². The second-order valence-corrected chi connectivity index (χ2v) is 6.03. The van der Waals surface area contributed by atoms with E-state index in [4.69, 9.17) is 15.0 Å². The van der Waals surface area contributed by atoms with E-state index in [-0.39, 0.29) is 13.0 Å². The minimum atomic E-state index is -1.21. The average Bonchev–Trinajstić information content (AvgIpc) is 2.66. The van der Waals surface area contributed by atoms with Crippen molar-refractivity contribution in [2.24, 2.45) is 11.0 Å². The molecule has 1 saturated carbocycles. The number of hydrogen-bond donors (Lipinski definition) is 2. The normalized spacial score (nSPS) is 27.7. The Morgan fingerprint density at radius 3 is 2.59 bits per heavy atom. The number of azide groups is 1. The highest BCUT2D eigenvalue weighted by molar-refractivity contribution is 5.74. The Balaban J connectivity index is 2.81. The van der Waals surface area contributed by atoms with Gasteiger partial charge < -0.3 is 19.9 Å². The van der Waals surface area contributed by atoms with Crippen LogP contribution in [0.2, 0.25) is 0 Å². The van der Waals surface area contributed by atoms with E-state index < -0.39 is 41.8 Å². The number of ether oxygens (including phenoxy) is 2. The van der Waals surface area contributed by atoms with Crippen molar-refractivity contribution in [1.82, 2.24) is 5.32 Å². The standard InChI is InChI=1S/C13H22N4O5/c1-5-21-11(19)7-6-8(9(10(7)18)16-17-14)15-12(20)22-13(2,3)4/h7-10,18H,5-6H2,1-4H3,(H,15,20)/t7-,8+,9+,10-/m1/s1. The van der Waals surface area contributed by atoms with E-state index in [0.717, 1.165) is 0 Å².